The summed E-state index contributed by atoms with van der Waals surface area (Å²) in [6, 6.07) is 7.79. The monoisotopic (exact) mass is 265 g/mol. The van der Waals surface area contributed by atoms with Gasteiger partial charge in [0.15, 0.2) is 0 Å². The third kappa shape index (κ3) is 2.68. The third-order valence-electron chi connectivity index (χ3n) is 2.98. The minimum Gasteiger partial charge on any atom is -0.388 e. The first-order chi connectivity index (χ1) is 8.59. The van der Waals surface area contributed by atoms with Gasteiger partial charge < -0.3 is 5.11 Å². The van der Waals surface area contributed by atoms with Gasteiger partial charge in [0.05, 0.1) is 6.10 Å². The zero-order chi connectivity index (χ0) is 13.1. The van der Waals surface area contributed by atoms with Crippen LogP contribution in [0.5, 0.6) is 0 Å². The van der Waals surface area contributed by atoms with Crippen molar-refractivity contribution in [2.24, 2.45) is 0 Å². The van der Waals surface area contributed by atoms with Crippen LogP contribution >= 0.6 is 11.6 Å². The second kappa shape index (κ2) is 5.46. The van der Waals surface area contributed by atoms with Gasteiger partial charge in [0.1, 0.15) is 5.82 Å². The summed E-state index contributed by atoms with van der Waals surface area (Å²) >= 11 is 5.82. The first kappa shape index (κ1) is 13.0. The van der Waals surface area contributed by atoms with Crippen LogP contribution in [0.2, 0.25) is 5.02 Å². The van der Waals surface area contributed by atoms with Crippen LogP contribution in [0.25, 0.3) is 0 Å². The number of hydrogen-bond acceptors (Lipinski definition) is 2. The van der Waals surface area contributed by atoms with E-state index in [0.29, 0.717) is 5.02 Å². The maximum atomic E-state index is 13.7. The van der Waals surface area contributed by atoms with Crippen molar-refractivity contribution in [2.75, 3.05) is 0 Å². The van der Waals surface area contributed by atoms with Crippen molar-refractivity contribution in [1.82, 2.24) is 4.98 Å². The molecule has 2 rings (SSSR count). The van der Waals surface area contributed by atoms with Crippen LogP contribution < -0.4 is 0 Å². The zero-order valence-electron chi connectivity index (χ0n) is 9.85. The van der Waals surface area contributed by atoms with E-state index in [0.717, 1.165) is 5.56 Å². The van der Waals surface area contributed by atoms with Crippen molar-refractivity contribution < 1.29 is 9.50 Å². The van der Waals surface area contributed by atoms with E-state index in [1.165, 1.54) is 18.2 Å². The molecule has 2 atom stereocenters. The lowest BCUT2D eigenvalue weighted by atomic mass is 9.91. The van der Waals surface area contributed by atoms with Crippen molar-refractivity contribution >= 4 is 11.6 Å². The number of benzene rings is 1. The van der Waals surface area contributed by atoms with Crippen molar-refractivity contribution in [3.8, 4) is 0 Å². The largest absolute Gasteiger partial charge is 0.388 e. The van der Waals surface area contributed by atoms with E-state index in [1.54, 1.807) is 24.5 Å². The van der Waals surface area contributed by atoms with Crippen LogP contribution in [0, 0.1) is 5.82 Å². The highest BCUT2D eigenvalue weighted by Crippen LogP contribution is 2.32. The summed E-state index contributed by atoms with van der Waals surface area (Å²) < 4.78 is 13.7. The Morgan fingerprint density at radius 1 is 1.22 bits per heavy atom. The summed E-state index contributed by atoms with van der Waals surface area (Å²) in [7, 11) is 0. The summed E-state index contributed by atoms with van der Waals surface area (Å²) in [5.74, 6) is -0.686. The average Bonchev–Trinajstić information content (AvgIpc) is 2.41. The quantitative estimate of drug-likeness (QED) is 0.918. The summed E-state index contributed by atoms with van der Waals surface area (Å²) in [5, 5.41) is 10.6. The molecule has 0 radical (unpaired) electrons. The summed E-state index contributed by atoms with van der Waals surface area (Å²) in [6.07, 6.45) is 2.35. The van der Waals surface area contributed by atoms with Crippen LogP contribution in [-0.4, -0.2) is 10.1 Å². The second-order valence-corrected chi connectivity index (χ2v) is 4.62. The number of aliphatic hydroxyl groups excluding tert-OH is 1. The predicted octanol–water partition coefficient (Wildman–Crippen LogP) is 3.71. The molecular weight excluding hydrogens is 253 g/mol. The Labute approximate surface area is 110 Å². The minimum absolute atomic E-state index is 0.215. The molecule has 1 aromatic heterocycles. The predicted molar refractivity (Wildman–Crippen MR) is 69.0 cm³/mol. The minimum atomic E-state index is -0.939. The Kier molecular flexibility index (Phi) is 3.94. The van der Waals surface area contributed by atoms with E-state index >= 15 is 0 Å². The molecule has 2 unspecified atom stereocenters. The molecular formula is C14H13ClFNO. The van der Waals surface area contributed by atoms with Crippen LogP contribution in [0.3, 0.4) is 0 Å². The number of aromatic nitrogens is 1. The molecule has 0 aliphatic heterocycles. The third-order valence-corrected chi connectivity index (χ3v) is 3.22. The van der Waals surface area contributed by atoms with E-state index in [2.05, 4.69) is 4.98 Å². The zero-order valence-corrected chi connectivity index (χ0v) is 10.6. The normalized spacial score (nSPS) is 14.2. The molecule has 4 heteroatoms. The topological polar surface area (TPSA) is 33.1 Å². The van der Waals surface area contributed by atoms with Crippen molar-refractivity contribution in [2.45, 2.75) is 18.9 Å². The molecule has 1 heterocycles. The van der Waals surface area contributed by atoms with Crippen molar-refractivity contribution in [3.05, 3.63) is 64.7 Å². The van der Waals surface area contributed by atoms with E-state index in [9.17, 15) is 9.50 Å². The molecule has 0 amide bonds. The van der Waals surface area contributed by atoms with Gasteiger partial charge in [-0.25, -0.2) is 4.39 Å². The lowest BCUT2D eigenvalue weighted by molar-refractivity contribution is 0.147. The maximum absolute atomic E-state index is 13.7. The molecule has 18 heavy (non-hydrogen) atoms. The van der Waals surface area contributed by atoms with Crippen molar-refractivity contribution in [1.29, 1.82) is 0 Å². The van der Waals surface area contributed by atoms with Gasteiger partial charge in [-0.3, -0.25) is 4.98 Å². The molecule has 1 aromatic carbocycles. The standard InChI is InChI=1S/C14H13ClFNO/c1-9(10-4-6-17-7-5-10)14(18)12-8-11(15)2-3-13(12)16/h2-9,14,18H,1H3. The molecule has 0 aliphatic rings. The number of pyridine rings is 1. The molecule has 0 aliphatic carbocycles. The van der Waals surface area contributed by atoms with Gasteiger partial charge in [-0.05, 0) is 35.9 Å². The Morgan fingerprint density at radius 3 is 2.56 bits per heavy atom. The number of rotatable bonds is 3. The van der Waals surface area contributed by atoms with Crippen LogP contribution in [-0.2, 0) is 0 Å². The van der Waals surface area contributed by atoms with Crippen molar-refractivity contribution in [3.63, 3.8) is 0 Å². The molecule has 94 valence electrons. The van der Waals surface area contributed by atoms with Gasteiger partial charge in [0, 0.05) is 28.9 Å². The maximum Gasteiger partial charge on any atom is 0.129 e. The summed E-state index contributed by atoms with van der Waals surface area (Å²) in [4.78, 5) is 3.91. The van der Waals surface area contributed by atoms with Crippen LogP contribution in [0.1, 0.15) is 30.1 Å². The molecule has 2 aromatic rings. The lowest BCUT2D eigenvalue weighted by Gasteiger charge is -2.20. The number of nitrogens with zero attached hydrogens (tertiary/aromatic N) is 1. The molecule has 0 saturated carbocycles. The highest BCUT2D eigenvalue weighted by atomic mass is 35.5. The lowest BCUT2D eigenvalue weighted by Crippen LogP contribution is -2.09. The number of aliphatic hydroxyl groups is 1. The van der Waals surface area contributed by atoms with Gasteiger partial charge in [0.25, 0.3) is 0 Å². The Bertz CT molecular complexity index is 533. The highest BCUT2D eigenvalue weighted by molar-refractivity contribution is 6.30. The van der Waals surface area contributed by atoms with Gasteiger partial charge in [0.2, 0.25) is 0 Å². The number of halogens is 2. The Morgan fingerprint density at radius 2 is 1.89 bits per heavy atom. The fourth-order valence-corrected chi connectivity index (χ4v) is 2.04. The van der Waals surface area contributed by atoms with Gasteiger partial charge in [-0.1, -0.05) is 18.5 Å². The van der Waals surface area contributed by atoms with Gasteiger partial charge in [-0.2, -0.15) is 0 Å². The first-order valence-electron chi connectivity index (χ1n) is 5.62. The molecule has 1 N–H and O–H groups in total. The fourth-order valence-electron chi connectivity index (χ4n) is 1.86. The molecule has 0 fully saturated rings. The van der Waals surface area contributed by atoms with E-state index in [4.69, 9.17) is 11.6 Å². The molecule has 2 nitrogen and oxygen atoms in total. The Hall–Kier alpha value is -1.45. The average molecular weight is 266 g/mol. The summed E-state index contributed by atoms with van der Waals surface area (Å²) in [5.41, 5.74) is 1.11. The number of hydrogen-bond donors (Lipinski definition) is 1. The summed E-state index contributed by atoms with van der Waals surface area (Å²) in [6.45, 7) is 1.83. The second-order valence-electron chi connectivity index (χ2n) is 4.18. The Balaban J connectivity index is 2.31. The van der Waals surface area contributed by atoms with Crippen LogP contribution in [0.4, 0.5) is 4.39 Å². The fraction of sp³-hybridized carbons (Fsp3) is 0.214. The van der Waals surface area contributed by atoms with Gasteiger partial charge in [-0.15, -0.1) is 0 Å². The van der Waals surface area contributed by atoms with E-state index < -0.39 is 11.9 Å². The van der Waals surface area contributed by atoms with Crippen LogP contribution in [0.15, 0.2) is 42.7 Å². The van der Waals surface area contributed by atoms with E-state index in [-0.39, 0.29) is 11.5 Å². The molecule has 0 saturated heterocycles. The smallest absolute Gasteiger partial charge is 0.129 e. The SMILES string of the molecule is CC(c1ccncc1)C(O)c1cc(Cl)ccc1F. The molecule has 0 bridgehead atoms. The highest BCUT2D eigenvalue weighted by Gasteiger charge is 2.21. The first-order valence-corrected chi connectivity index (χ1v) is 6.00. The van der Waals surface area contributed by atoms with E-state index in [1.807, 2.05) is 6.92 Å². The van der Waals surface area contributed by atoms with Gasteiger partial charge >= 0.3 is 0 Å². The molecule has 0 spiro atoms.